The number of rotatable bonds is 2. The number of anilines is 1. The number of hydrogen-bond acceptors (Lipinski definition) is 3. The lowest BCUT2D eigenvalue weighted by atomic mass is 9.96. The van der Waals surface area contributed by atoms with E-state index in [4.69, 9.17) is 5.73 Å². The van der Waals surface area contributed by atoms with Gasteiger partial charge in [-0.05, 0) is 49.2 Å². The van der Waals surface area contributed by atoms with Gasteiger partial charge >= 0.3 is 0 Å². The number of halogens is 1. The number of pyridine rings is 1. The molecule has 0 bridgehead atoms. The van der Waals surface area contributed by atoms with Crippen LogP contribution in [0.1, 0.15) is 16.7 Å². The zero-order valence-electron chi connectivity index (χ0n) is 13.5. The standard InChI is InChI=1S/C20H16FN3/c1-12-3-4-13(2)16(9-12)19-10-17(18(11-22)20(23)24-19)14-5-7-15(21)8-6-14/h3-10H,1-2H3,(H2,23,24). The van der Waals surface area contributed by atoms with Gasteiger partial charge in [-0.15, -0.1) is 0 Å². The number of benzene rings is 2. The zero-order valence-corrected chi connectivity index (χ0v) is 13.5. The minimum atomic E-state index is -0.325. The molecule has 3 rings (SSSR count). The summed E-state index contributed by atoms with van der Waals surface area (Å²) in [7, 11) is 0. The van der Waals surface area contributed by atoms with Crippen LogP contribution in [-0.2, 0) is 0 Å². The second-order valence-electron chi connectivity index (χ2n) is 5.75. The SMILES string of the molecule is Cc1ccc(C)c(-c2cc(-c3ccc(F)cc3)c(C#N)c(N)n2)c1. The first-order valence-corrected chi connectivity index (χ1v) is 7.54. The molecule has 3 aromatic rings. The van der Waals surface area contributed by atoms with Gasteiger partial charge in [-0.1, -0.05) is 29.8 Å². The molecule has 0 aliphatic rings. The monoisotopic (exact) mass is 317 g/mol. The molecule has 0 fully saturated rings. The quantitative estimate of drug-likeness (QED) is 0.750. The summed E-state index contributed by atoms with van der Waals surface area (Å²) in [6.45, 7) is 4.01. The summed E-state index contributed by atoms with van der Waals surface area (Å²) in [6, 6.07) is 16.0. The Morgan fingerprint density at radius 3 is 2.38 bits per heavy atom. The summed E-state index contributed by atoms with van der Waals surface area (Å²) in [5.41, 5.74) is 11.6. The highest BCUT2D eigenvalue weighted by Crippen LogP contribution is 2.32. The Hall–Kier alpha value is -3.19. The average Bonchev–Trinajstić information content (AvgIpc) is 2.57. The van der Waals surface area contributed by atoms with E-state index in [9.17, 15) is 9.65 Å². The van der Waals surface area contributed by atoms with Gasteiger partial charge in [-0.3, -0.25) is 0 Å². The van der Waals surface area contributed by atoms with Crippen LogP contribution in [0.25, 0.3) is 22.4 Å². The third kappa shape index (κ3) is 2.84. The van der Waals surface area contributed by atoms with Crippen molar-refractivity contribution < 1.29 is 4.39 Å². The number of nitrogen functional groups attached to an aromatic ring is 1. The molecule has 118 valence electrons. The van der Waals surface area contributed by atoms with Gasteiger partial charge in [0.15, 0.2) is 0 Å². The fourth-order valence-electron chi connectivity index (χ4n) is 2.69. The van der Waals surface area contributed by atoms with Crippen LogP contribution in [0, 0.1) is 31.0 Å². The normalized spacial score (nSPS) is 10.4. The largest absolute Gasteiger partial charge is 0.383 e. The van der Waals surface area contributed by atoms with Gasteiger partial charge in [0.2, 0.25) is 0 Å². The van der Waals surface area contributed by atoms with Crippen molar-refractivity contribution >= 4 is 5.82 Å². The van der Waals surface area contributed by atoms with Crippen molar-refractivity contribution in [2.75, 3.05) is 5.73 Å². The molecule has 0 aliphatic carbocycles. The summed E-state index contributed by atoms with van der Waals surface area (Å²) in [6.07, 6.45) is 0. The van der Waals surface area contributed by atoms with E-state index in [1.165, 1.54) is 12.1 Å². The molecule has 0 radical (unpaired) electrons. The molecule has 1 heterocycles. The van der Waals surface area contributed by atoms with Gasteiger partial charge in [0, 0.05) is 11.1 Å². The van der Waals surface area contributed by atoms with Gasteiger partial charge in [0.05, 0.1) is 5.69 Å². The van der Waals surface area contributed by atoms with Crippen molar-refractivity contribution in [2.24, 2.45) is 0 Å². The number of nitrogens with zero attached hydrogens (tertiary/aromatic N) is 2. The van der Waals surface area contributed by atoms with E-state index in [2.05, 4.69) is 11.1 Å². The van der Waals surface area contributed by atoms with E-state index in [0.29, 0.717) is 16.8 Å². The van der Waals surface area contributed by atoms with Crippen LogP contribution in [0.4, 0.5) is 10.2 Å². The molecule has 0 atom stereocenters. The van der Waals surface area contributed by atoms with Gasteiger partial charge in [-0.2, -0.15) is 5.26 Å². The fraction of sp³-hybridized carbons (Fsp3) is 0.100. The Balaban J connectivity index is 2.26. The average molecular weight is 317 g/mol. The van der Waals surface area contributed by atoms with E-state index in [-0.39, 0.29) is 11.6 Å². The maximum absolute atomic E-state index is 13.2. The van der Waals surface area contributed by atoms with Crippen LogP contribution in [0.3, 0.4) is 0 Å². The van der Waals surface area contributed by atoms with E-state index in [1.54, 1.807) is 12.1 Å². The highest BCUT2D eigenvalue weighted by molar-refractivity contribution is 5.80. The van der Waals surface area contributed by atoms with Crippen LogP contribution < -0.4 is 5.73 Å². The molecule has 3 nitrogen and oxygen atoms in total. The summed E-state index contributed by atoms with van der Waals surface area (Å²) < 4.78 is 13.2. The summed E-state index contributed by atoms with van der Waals surface area (Å²) >= 11 is 0. The Bertz CT molecular complexity index is 954. The molecule has 2 aromatic carbocycles. The molecule has 1 aromatic heterocycles. The second kappa shape index (κ2) is 6.13. The third-order valence-electron chi connectivity index (χ3n) is 3.98. The number of nitriles is 1. The van der Waals surface area contributed by atoms with Crippen molar-refractivity contribution in [3.63, 3.8) is 0 Å². The maximum atomic E-state index is 13.2. The van der Waals surface area contributed by atoms with E-state index in [0.717, 1.165) is 22.3 Å². The molecule has 0 unspecified atom stereocenters. The lowest BCUT2D eigenvalue weighted by molar-refractivity contribution is 0.628. The van der Waals surface area contributed by atoms with Crippen LogP contribution in [0.2, 0.25) is 0 Å². The minimum absolute atomic E-state index is 0.176. The van der Waals surface area contributed by atoms with Gasteiger partial charge in [-0.25, -0.2) is 9.37 Å². The van der Waals surface area contributed by atoms with E-state index >= 15 is 0 Å². The summed E-state index contributed by atoms with van der Waals surface area (Å²) in [5, 5.41) is 9.43. The molecule has 0 saturated carbocycles. The second-order valence-corrected chi connectivity index (χ2v) is 5.75. The van der Waals surface area contributed by atoms with Crippen LogP contribution in [-0.4, -0.2) is 4.98 Å². The molecular weight excluding hydrogens is 301 g/mol. The molecular formula is C20H16FN3. The Morgan fingerprint density at radius 1 is 1.00 bits per heavy atom. The minimum Gasteiger partial charge on any atom is -0.383 e. The van der Waals surface area contributed by atoms with E-state index in [1.807, 2.05) is 38.1 Å². The molecule has 0 aliphatic heterocycles. The molecule has 24 heavy (non-hydrogen) atoms. The third-order valence-corrected chi connectivity index (χ3v) is 3.98. The Labute approximate surface area is 140 Å². The smallest absolute Gasteiger partial charge is 0.142 e. The Kier molecular flexibility index (Phi) is 4.01. The zero-order chi connectivity index (χ0) is 17.3. The van der Waals surface area contributed by atoms with Crippen molar-refractivity contribution in [2.45, 2.75) is 13.8 Å². The first kappa shape index (κ1) is 15.7. The topological polar surface area (TPSA) is 62.7 Å². The number of aryl methyl sites for hydroxylation is 2. The highest BCUT2D eigenvalue weighted by Gasteiger charge is 2.14. The molecule has 4 heteroatoms. The van der Waals surface area contributed by atoms with Crippen LogP contribution in [0.15, 0.2) is 48.5 Å². The van der Waals surface area contributed by atoms with Crippen LogP contribution >= 0.6 is 0 Å². The number of nitrogens with two attached hydrogens (primary N) is 1. The number of aromatic nitrogens is 1. The first-order valence-electron chi connectivity index (χ1n) is 7.54. The Morgan fingerprint density at radius 2 is 1.71 bits per heavy atom. The van der Waals surface area contributed by atoms with Crippen molar-refractivity contribution in [3.05, 3.63) is 71.0 Å². The highest BCUT2D eigenvalue weighted by atomic mass is 19.1. The molecule has 0 amide bonds. The van der Waals surface area contributed by atoms with E-state index < -0.39 is 0 Å². The lowest BCUT2D eigenvalue weighted by Gasteiger charge is -2.12. The first-order chi connectivity index (χ1) is 11.5. The molecule has 0 saturated heterocycles. The predicted molar refractivity (Wildman–Crippen MR) is 93.7 cm³/mol. The van der Waals surface area contributed by atoms with Crippen molar-refractivity contribution in [1.29, 1.82) is 5.26 Å². The predicted octanol–water partition coefficient (Wildman–Crippen LogP) is 4.63. The summed E-state index contributed by atoms with van der Waals surface area (Å²) in [4.78, 5) is 4.40. The molecule has 0 spiro atoms. The number of hydrogen-bond donors (Lipinski definition) is 1. The van der Waals surface area contributed by atoms with Crippen molar-refractivity contribution in [1.82, 2.24) is 4.98 Å². The van der Waals surface area contributed by atoms with Crippen molar-refractivity contribution in [3.8, 4) is 28.5 Å². The van der Waals surface area contributed by atoms with Gasteiger partial charge in [0.1, 0.15) is 23.3 Å². The van der Waals surface area contributed by atoms with Gasteiger partial charge < -0.3 is 5.73 Å². The maximum Gasteiger partial charge on any atom is 0.142 e. The summed E-state index contributed by atoms with van der Waals surface area (Å²) in [5.74, 6) is -0.149. The molecule has 2 N–H and O–H groups in total. The lowest BCUT2D eigenvalue weighted by Crippen LogP contribution is -2.00. The fourth-order valence-corrected chi connectivity index (χ4v) is 2.69. The van der Waals surface area contributed by atoms with Crippen LogP contribution in [0.5, 0.6) is 0 Å². The van der Waals surface area contributed by atoms with Gasteiger partial charge in [0.25, 0.3) is 0 Å².